The first kappa shape index (κ1) is 17.2. The van der Waals surface area contributed by atoms with Crippen LogP contribution in [0.4, 0.5) is 22.0 Å². The number of Topliss-reactive ketones (excluding diaryl/α,β-unsaturated/α-hetero) is 3. The molecule has 0 aromatic heterocycles. The Morgan fingerprint density at radius 1 is 0.826 bits per heavy atom. The lowest BCUT2D eigenvalue weighted by atomic mass is 9.69. The zero-order valence-electron chi connectivity index (χ0n) is 12.1. The van der Waals surface area contributed by atoms with Gasteiger partial charge in [0.15, 0.2) is 40.6 Å². The second-order valence-corrected chi connectivity index (χ2v) is 6.19. The highest BCUT2D eigenvalue weighted by atomic mass is 19.2. The molecular weight excluding hydrogens is 323 g/mol. The van der Waals surface area contributed by atoms with E-state index in [4.69, 9.17) is 0 Å². The molecule has 0 spiro atoms. The fourth-order valence-corrected chi connectivity index (χ4v) is 2.65. The summed E-state index contributed by atoms with van der Waals surface area (Å²) in [4.78, 5) is 36.0. The van der Waals surface area contributed by atoms with Gasteiger partial charge >= 0.3 is 0 Å². The Morgan fingerprint density at radius 3 is 1.57 bits per heavy atom. The first-order valence-electron chi connectivity index (χ1n) is 6.59. The van der Waals surface area contributed by atoms with E-state index >= 15 is 0 Å². The summed E-state index contributed by atoms with van der Waals surface area (Å²) in [5, 5.41) is 0. The van der Waals surface area contributed by atoms with Gasteiger partial charge in [0, 0.05) is 12.8 Å². The maximum absolute atomic E-state index is 13.6. The zero-order valence-corrected chi connectivity index (χ0v) is 12.1. The van der Waals surface area contributed by atoms with Gasteiger partial charge in [0.05, 0.1) is 5.56 Å². The number of carbonyl (C=O) groups excluding carboxylic acids is 3. The van der Waals surface area contributed by atoms with Crippen molar-refractivity contribution in [2.75, 3.05) is 0 Å². The molecule has 1 aliphatic rings. The van der Waals surface area contributed by atoms with Gasteiger partial charge in [-0.15, -0.1) is 0 Å². The van der Waals surface area contributed by atoms with Crippen LogP contribution in [0.15, 0.2) is 0 Å². The molecule has 1 fully saturated rings. The summed E-state index contributed by atoms with van der Waals surface area (Å²) in [7, 11) is 0. The average molecular weight is 334 g/mol. The number of rotatable bonds is 2. The monoisotopic (exact) mass is 334 g/mol. The Labute approximate surface area is 127 Å². The molecule has 0 heterocycles. The van der Waals surface area contributed by atoms with Gasteiger partial charge in [-0.1, -0.05) is 13.8 Å². The Balaban J connectivity index is 2.54. The molecule has 0 atom stereocenters. The number of ketones is 3. The van der Waals surface area contributed by atoms with Gasteiger partial charge < -0.3 is 0 Å². The van der Waals surface area contributed by atoms with E-state index < -0.39 is 63.3 Å². The van der Waals surface area contributed by atoms with E-state index in [1.165, 1.54) is 0 Å². The molecule has 0 unspecified atom stereocenters. The SMILES string of the molecule is CC1(C)CC(=O)C(C(=O)c2c(F)c(F)c(F)c(F)c2F)C(=O)C1. The molecule has 0 aliphatic heterocycles. The van der Waals surface area contributed by atoms with E-state index in [1.54, 1.807) is 13.8 Å². The van der Waals surface area contributed by atoms with Gasteiger partial charge in [0.25, 0.3) is 0 Å². The van der Waals surface area contributed by atoms with E-state index in [9.17, 15) is 36.3 Å². The summed E-state index contributed by atoms with van der Waals surface area (Å²) < 4.78 is 66.6. The Kier molecular flexibility index (Phi) is 4.13. The van der Waals surface area contributed by atoms with Gasteiger partial charge in [-0.2, -0.15) is 0 Å². The first-order valence-corrected chi connectivity index (χ1v) is 6.59. The fraction of sp³-hybridized carbons (Fsp3) is 0.400. The van der Waals surface area contributed by atoms with Crippen molar-refractivity contribution >= 4 is 17.3 Å². The lowest BCUT2D eigenvalue weighted by molar-refractivity contribution is -0.137. The van der Waals surface area contributed by atoms with Gasteiger partial charge in [0.2, 0.25) is 5.82 Å². The molecule has 2 rings (SSSR count). The van der Waals surface area contributed by atoms with Crippen molar-refractivity contribution in [2.45, 2.75) is 26.7 Å². The summed E-state index contributed by atoms with van der Waals surface area (Å²) in [6, 6.07) is 0. The molecule has 1 aliphatic carbocycles. The van der Waals surface area contributed by atoms with Crippen molar-refractivity contribution in [3.63, 3.8) is 0 Å². The highest BCUT2D eigenvalue weighted by Crippen LogP contribution is 2.36. The summed E-state index contributed by atoms with van der Waals surface area (Å²) in [6.07, 6.45) is -0.435. The van der Waals surface area contributed by atoms with Gasteiger partial charge in [0.1, 0.15) is 5.92 Å². The smallest absolute Gasteiger partial charge is 0.200 e. The number of benzene rings is 1. The van der Waals surface area contributed by atoms with Crippen LogP contribution in [-0.4, -0.2) is 17.3 Å². The van der Waals surface area contributed by atoms with Crippen molar-refractivity contribution in [3.05, 3.63) is 34.6 Å². The van der Waals surface area contributed by atoms with Crippen LogP contribution in [0.3, 0.4) is 0 Å². The van der Waals surface area contributed by atoms with Gasteiger partial charge in [-0.05, 0) is 5.41 Å². The summed E-state index contributed by atoms with van der Waals surface area (Å²) in [5.41, 5.74) is -2.49. The van der Waals surface area contributed by atoms with E-state index in [-0.39, 0.29) is 12.8 Å². The van der Waals surface area contributed by atoms with Crippen LogP contribution in [0.25, 0.3) is 0 Å². The third-order valence-corrected chi connectivity index (χ3v) is 3.67. The Morgan fingerprint density at radius 2 is 1.17 bits per heavy atom. The number of halogens is 5. The van der Waals surface area contributed by atoms with Crippen molar-refractivity contribution in [1.82, 2.24) is 0 Å². The second kappa shape index (κ2) is 5.50. The molecule has 23 heavy (non-hydrogen) atoms. The maximum Gasteiger partial charge on any atom is 0.200 e. The highest BCUT2D eigenvalue weighted by Gasteiger charge is 2.45. The quantitative estimate of drug-likeness (QED) is 0.274. The number of hydrogen-bond acceptors (Lipinski definition) is 3. The maximum atomic E-state index is 13.6. The molecule has 1 saturated carbocycles. The number of hydrogen-bond donors (Lipinski definition) is 0. The Bertz CT molecular complexity index is 690. The normalized spacial score (nSPS) is 18.4. The lowest BCUT2D eigenvalue weighted by Gasteiger charge is -2.31. The molecule has 124 valence electrons. The van der Waals surface area contributed by atoms with Crippen molar-refractivity contribution < 1.29 is 36.3 Å². The zero-order chi connectivity index (χ0) is 17.7. The standard InChI is InChI=1S/C15H11F5O3/c1-15(2)3-5(21)7(6(22)4-15)14(23)8-9(16)11(18)13(20)12(19)10(8)17/h7H,3-4H2,1-2H3. The van der Waals surface area contributed by atoms with Crippen LogP contribution in [0.5, 0.6) is 0 Å². The van der Waals surface area contributed by atoms with E-state index in [0.717, 1.165) is 0 Å². The second-order valence-electron chi connectivity index (χ2n) is 6.19. The summed E-state index contributed by atoms with van der Waals surface area (Å²) in [6.45, 7) is 3.17. The highest BCUT2D eigenvalue weighted by molar-refractivity contribution is 6.25. The average Bonchev–Trinajstić information content (AvgIpc) is 2.41. The predicted molar refractivity (Wildman–Crippen MR) is 67.1 cm³/mol. The molecule has 1 aromatic carbocycles. The predicted octanol–water partition coefficient (Wildman–Crippen LogP) is 3.14. The molecule has 1 aromatic rings. The van der Waals surface area contributed by atoms with Crippen molar-refractivity contribution in [3.8, 4) is 0 Å². The minimum atomic E-state index is -2.42. The molecule has 0 N–H and O–H groups in total. The van der Waals surface area contributed by atoms with E-state index in [0.29, 0.717) is 0 Å². The third kappa shape index (κ3) is 2.77. The molecule has 0 radical (unpaired) electrons. The number of carbonyl (C=O) groups is 3. The third-order valence-electron chi connectivity index (χ3n) is 3.67. The van der Waals surface area contributed by atoms with Crippen LogP contribution in [0, 0.1) is 40.4 Å². The Hall–Kier alpha value is -2.12. The summed E-state index contributed by atoms with van der Waals surface area (Å²) in [5.74, 6) is -17.3. The van der Waals surface area contributed by atoms with Crippen LogP contribution in [0.2, 0.25) is 0 Å². The minimum Gasteiger partial charge on any atom is -0.298 e. The molecule has 8 heteroatoms. The van der Waals surface area contributed by atoms with Crippen LogP contribution >= 0.6 is 0 Å². The van der Waals surface area contributed by atoms with Crippen molar-refractivity contribution in [2.24, 2.45) is 11.3 Å². The fourth-order valence-electron chi connectivity index (χ4n) is 2.65. The van der Waals surface area contributed by atoms with E-state index in [2.05, 4.69) is 0 Å². The van der Waals surface area contributed by atoms with Crippen LogP contribution in [-0.2, 0) is 9.59 Å². The summed E-state index contributed by atoms with van der Waals surface area (Å²) >= 11 is 0. The largest absolute Gasteiger partial charge is 0.298 e. The first-order chi connectivity index (χ1) is 10.5. The molecule has 0 bridgehead atoms. The molecule has 3 nitrogen and oxygen atoms in total. The van der Waals surface area contributed by atoms with Gasteiger partial charge in [-0.3, -0.25) is 14.4 Å². The minimum absolute atomic E-state index is 0.218. The van der Waals surface area contributed by atoms with Gasteiger partial charge in [-0.25, -0.2) is 22.0 Å². The lowest BCUT2D eigenvalue weighted by Crippen LogP contribution is -2.42. The molecule has 0 saturated heterocycles. The van der Waals surface area contributed by atoms with E-state index in [1.807, 2.05) is 0 Å². The molecular formula is C15H11F5O3. The molecule has 0 amide bonds. The van der Waals surface area contributed by atoms with Crippen LogP contribution < -0.4 is 0 Å². The van der Waals surface area contributed by atoms with Crippen LogP contribution in [0.1, 0.15) is 37.0 Å². The van der Waals surface area contributed by atoms with Crippen molar-refractivity contribution in [1.29, 1.82) is 0 Å². The topological polar surface area (TPSA) is 51.2 Å².